The summed E-state index contributed by atoms with van der Waals surface area (Å²) >= 11 is 6.41. The Kier molecular flexibility index (Phi) is 3.97. The Balaban J connectivity index is 1.84. The molecule has 1 aromatic carbocycles. The molecule has 4 rings (SSSR count). The minimum Gasteiger partial charge on any atom is -0.368 e. The summed E-state index contributed by atoms with van der Waals surface area (Å²) in [6.45, 7) is 3.92. The molecule has 2 aliphatic heterocycles. The molecule has 2 aromatic rings. The lowest BCUT2D eigenvalue weighted by atomic mass is 10.1. The van der Waals surface area contributed by atoms with E-state index in [0.717, 1.165) is 36.3 Å². The van der Waals surface area contributed by atoms with E-state index in [1.165, 1.54) is 0 Å². The number of fused-ring (bicyclic) bond motifs is 1. The Morgan fingerprint density at radius 3 is 2.96 bits per heavy atom. The number of urea groups is 1. The van der Waals surface area contributed by atoms with Crippen LogP contribution in [0.25, 0.3) is 0 Å². The molecule has 3 N–H and O–H groups in total. The Hall–Kier alpha value is -2.38. The number of aromatic nitrogens is 2. The number of benzene rings is 1. The van der Waals surface area contributed by atoms with Crippen molar-refractivity contribution in [2.75, 3.05) is 28.6 Å². The van der Waals surface area contributed by atoms with Crippen molar-refractivity contribution in [1.29, 1.82) is 0 Å². The number of carbonyl (C=O) groups excluding carboxylic acids is 1. The number of nitrogens with one attached hydrogen (secondary N) is 1. The summed E-state index contributed by atoms with van der Waals surface area (Å²) < 4.78 is 0. The van der Waals surface area contributed by atoms with Gasteiger partial charge in [0, 0.05) is 18.3 Å². The number of rotatable bonds is 2. The quantitative estimate of drug-likeness (QED) is 0.860. The van der Waals surface area contributed by atoms with Crippen molar-refractivity contribution in [1.82, 2.24) is 15.3 Å². The monoisotopic (exact) mass is 358 g/mol. The summed E-state index contributed by atoms with van der Waals surface area (Å²) in [6, 6.07) is 5.53. The lowest BCUT2D eigenvalue weighted by Gasteiger charge is -2.39. The van der Waals surface area contributed by atoms with Crippen molar-refractivity contribution in [3.05, 3.63) is 40.5 Å². The maximum absolute atomic E-state index is 13.4. The van der Waals surface area contributed by atoms with E-state index in [-0.39, 0.29) is 18.0 Å². The van der Waals surface area contributed by atoms with Gasteiger partial charge in [0.2, 0.25) is 5.95 Å². The van der Waals surface area contributed by atoms with Crippen molar-refractivity contribution in [3.63, 3.8) is 0 Å². The van der Waals surface area contributed by atoms with E-state index in [2.05, 4.69) is 15.3 Å². The zero-order chi connectivity index (χ0) is 17.6. The Labute approximate surface area is 150 Å². The number of para-hydroxylation sites is 1. The second-order valence-corrected chi connectivity index (χ2v) is 6.77. The van der Waals surface area contributed by atoms with E-state index in [0.29, 0.717) is 17.4 Å². The molecule has 0 aliphatic carbocycles. The van der Waals surface area contributed by atoms with E-state index in [9.17, 15) is 4.79 Å². The van der Waals surface area contributed by atoms with E-state index in [1.54, 1.807) is 22.1 Å². The molecule has 8 heteroatoms. The minimum absolute atomic E-state index is 0.0335. The number of halogens is 1. The van der Waals surface area contributed by atoms with Gasteiger partial charge in [-0.15, -0.1) is 0 Å². The van der Waals surface area contributed by atoms with E-state index < -0.39 is 0 Å². The predicted octanol–water partition coefficient (Wildman–Crippen LogP) is 2.33. The van der Waals surface area contributed by atoms with E-state index in [1.807, 2.05) is 19.1 Å². The third-order valence-corrected chi connectivity index (χ3v) is 5.02. The van der Waals surface area contributed by atoms with Crippen LogP contribution in [0.1, 0.15) is 17.5 Å². The molecule has 0 radical (unpaired) electrons. The largest absolute Gasteiger partial charge is 0.368 e. The van der Waals surface area contributed by atoms with Gasteiger partial charge < -0.3 is 11.1 Å². The van der Waals surface area contributed by atoms with Gasteiger partial charge in [-0.2, -0.15) is 4.98 Å². The molecular weight excluding hydrogens is 340 g/mol. The predicted molar refractivity (Wildman–Crippen MR) is 98.0 cm³/mol. The number of anilines is 3. The maximum Gasteiger partial charge on any atom is 0.330 e. The maximum atomic E-state index is 13.4. The molecule has 1 atom stereocenters. The molecule has 0 spiro atoms. The molecule has 25 heavy (non-hydrogen) atoms. The molecular formula is C17H19ClN6O. The van der Waals surface area contributed by atoms with Gasteiger partial charge in [0.25, 0.3) is 0 Å². The summed E-state index contributed by atoms with van der Waals surface area (Å²) in [5.41, 5.74) is 8.31. The fraction of sp³-hybridized carbons (Fsp3) is 0.353. The van der Waals surface area contributed by atoms with Crippen LogP contribution in [0.15, 0.2) is 24.4 Å². The molecule has 2 amide bonds. The van der Waals surface area contributed by atoms with Crippen LogP contribution in [0.5, 0.6) is 0 Å². The minimum atomic E-state index is -0.129. The molecule has 2 aliphatic rings. The van der Waals surface area contributed by atoms with Crippen LogP contribution >= 0.6 is 11.6 Å². The lowest BCUT2D eigenvalue weighted by molar-refractivity contribution is 0.247. The van der Waals surface area contributed by atoms with Gasteiger partial charge in [0.1, 0.15) is 5.82 Å². The molecule has 7 nitrogen and oxygen atoms in total. The first kappa shape index (κ1) is 16.1. The van der Waals surface area contributed by atoms with Crippen molar-refractivity contribution in [2.45, 2.75) is 25.9 Å². The highest BCUT2D eigenvalue weighted by Crippen LogP contribution is 2.37. The Morgan fingerprint density at radius 1 is 1.40 bits per heavy atom. The molecule has 130 valence electrons. The van der Waals surface area contributed by atoms with Gasteiger partial charge in [-0.1, -0.05) is 23.7 Å². The van der Waals surface area contributed by atoms with Crippen LogP contribution in [0.3, 0.4) is 0 Å². The highest BCUT2D eigenvalue weighted by Gasteiger charge is 2.39. The number of hydrogen-bond acceptors (Lipinski definition) is 5. The zero-order valence-electron chi connectivity index (χ0n) is 13.9. The number of hydrogen-bond donors (Lipinski definition) is 2. The lowest BCUT2D eigenvalue weighted by Crippen LogP contribution is -2.53. The average molecular weight is 359 g/mol. The smallest absolute Gasteiger partial charge is 0.330 e. The summed E-state index contributed by atoms with van der Waals surface area (Å²) in [5, 5.41) is 3.85. The first-order valence-corrected chi connectivity index (χ1v) is 8.62. The van der Waals surface area contributed by atoms with Gasteiger partial charge in [0.05, 0.1) is 23.3 Å². The van der Waals surface area contributed by atoms with E-state index in [4.69, 9.17) is 17.3 Å². The first-order valence-electron chi connectivity index (χ1n) is 8.24. The second-order valence-electron chi connectivity index (χ2n) is 6.37. The second kappa shape index (κ2) is 6.16. The van der Waals surface area contributed by atoms with Crippen molar-refractivity contribution >= 4 is 35.1 Å². The summed E-state index contributed by atoms with van der Waals surface area (Å²) in [6.07, 6.45) is 2.56. The average Bonchev–Trinajstić information content (AvgIpc) is 3.09. The number of nitrogens with zero attached hydrogens (tertiary/aromatic N) is 4. The fourth-order valence-electron chi connectivity index (χ4n) is 3.52. The highest BCUT2D eigenvalue weighted by molar-refractivity contribution is 6.34. The van der Waals surface area contributed by atoms with Gasteiger partial charge >= 0.3 is 6.03 Å². The Bertz CT molecular complexity index is 816. The summed E-state index contributed by atoms with van der Waals surface area (Å²) in [7, 11) is 0. The molecule has 0 saturated carbocycles. The molecule has 1 saturated heterocycles. The third kappa shape index (κ3) is 2.69. The number of amides is 2. The van der Waals surface area contributed by atoms with Gasteiger partial charge in [-0.05, 0) is 31.5 Å². The summed E-state index contributed by atoms with van der Waals surface area (Å²) in [5.74, 6) is 0.775. The number of nitrogen functional groups attached to an aromatic ring is 1. The molecule has 0 bridgehead atoms. The highest BCUT2D eigenvalue weighted by atomic mass is 35.5. The van der Waals surface area contributed by atoms with Gasteiger partial charge in [-0.25, -0.2) is 9.78 Å². The summed E-state index contributed by atoms with van der Waals surface area (Å²) in [4.78, 5) is 25.3. The van der Waals surface area contributed by atoms with Crippen LogP contribution in [-0.4, -0.2) is 35.1 Å². The molecule has 1 aromatic heterocycles. The topological polar surface area (TPSA) is 87.4 Å². The van der Waals surface area contributed by atoms with Crippen molar-refractivity contribution < 1.29 is 4.79 Å². The van der Waals surface area contributed by atoms with Crippen LogP contribution in [-0.2, 0) is 6.54 Å². The fourth-order valence-corrected chi connectivity index (χ4v) is 3.84. The Morgan fingerprint density at radius 2 is 2.24 bits per heavy atom. The van der Waals surface area contributed by atoms with Crippen molar-refractivity contribution in [2.24, 2.45) is 0 Å². The molecule has 3 heterocycles. The van der Waals surface area contributed by atoms with Gasteiger partial charge in [-0.3, -0.25) is 9.80 Å². The number of nitrogens with two attached hydrogens (primary N) is 1. The van der Waals surface area contributed by atoms with Gasteiger partial charge in [0.15, 0.2) is 0 Å². The van der Waals surface area contributed by atoms with Crippen LogP contribution < -0.4 is 20.9 Å². The zero-order valence-corrected chi connectivity index (χ0v) is 14.6. The van der Waals surface area contributed by atoms with Crippen LogP contribution in [0, 0.1) is 6.92 Å². The molecule has 1 fully saturated rings. The first-order chi connectivity index (χ1) is 12.1. The number of aryl methyl sites for hydroxylation is 1. The number of carbonyl (C=O) groups is 1. The van der Waals surface area contributed by atoms with E-state index >= 15 is 0 Å². The SMILES string of the molecule is Cc1cccc(Cl)c1N1Cc2cnc(N)nc2N(C2CCNC2)C1=O. The van der Waals surface area contributed by atoms with Crippen molar-refractivity contribution in [3.8, 4) is 0 Å². The molecule has 1 unspecified atom stereocenters. The third-order valence-electron chi connectivity index (χ3n) is 4.71. The normalized spacial score (nSPS) is 20.1. The standard InChI is InChI=1S/C17H19ClN6O/c1-10-3-2-4-13(18)14(10)23-9-11-7-21-16(19)22-15(11)24(17(23)25)12-5-6-20-8-12/h2-4,7,12,20H,5-6,8-9H2,1H3,(H2,19,21,22). The van der Waals surface area contributed by atoms with Crippen LogP contribution in [0.4, 0.5) is 22.2 Å². The van der Waals surface area contributed by atoms with Crippen LogP contribution in [0.2, 0.25) is 5.02 Å².